The third kappa shape index (κ3) is 4.31. The Hall–Kier alpha value is -1.43. The van der Waals surface area contributed by atoms with Crippen molar-refractivity contribution in [3.8, 4) is 0 Å². The summed E-state index contributed by atoms with van der Waals surface area (Å²) in [7, 11) is 0. The molecule has 2 heterocycles. The average Bonchev–Trinajstić information content (AvgIpc) is 3.11. The second-order valence-corrected chi connectivity index (χ2v) is 6.50. The highest BCUT2D eigenvalue weighted by atomic mass is 16.5. The molecule has 2 aliphatic heterocycles. The van der Waals surface area contributed by atoms with Crippen LogP contribution in [0.15, 0.2) is 24.3 Å². The van der Waals surface area contributed by atoms with Gasteiger partial charge in [0.25, 0.3) is 0 Å². The number of morpholine rings is 1. The van der Waals surface area contributed by atoms with Gasteiger partial charge in [-0.3, -0.25) is 9.69 Å². The van der Waals surface area contributed by atoms with E-state index in [9.17, 15) is 4.79 Å². The van der Waals surface area contributed by atoms with Crippen molar-refractivity contribution in [3.63, 3.8) is 0 Å². The molecule has 2 saturated heterocycles. The maximum Gasteiger partial charge on any atom is 0.239 e. The number of carbonyl (C=O) groups is 1. The maximum atomic E-state index is 12.3. The van der Waals surface area contributed by atoms with Crippen molar-refractivity contribution in [2.24, 2.45) is 0 Å². The van der Waals surface area contributed by atoms with Gasteiger partial charge in [0.2, 0.25) is 5.91 Å². The third-order valence-electron chi connectivity index (χ3n) is 4.75. The van der Waals surface area contributed by atoms with Crippen molar-refractivity contribution in [1.29, 1.82) is 0 Å². The number of nitrogens with zero attached hydrogens (tertiary/aromatic N) is 1. The van der Waals surface area contributed by atoms with Crippen molar-refractivity contribution in [2.45, 2.75) is 31.8 Å². The van der Waals surface area contributed by atoms with Crippen molar-refractivity contribution in [2.75, 3.05) is 39.4 Å². The Labute approximate surface area is 138 Å². The van der Waals surface area contributed by atoms with E-state index in [-0.39, 0.29) is 18.0 Å². The number of likely N-dealkylation sites (tertiary alicyclic amines) is 1. The minimum atomic E-state index is -0.221. The summed E-state index contributed by atoms with van der Waals surface area (Å²) in [5.74, 6) is 0.0426. The van der Waals surface area contributed by atoms with E-state index in [0.717, 1.165) is 19.6 Å². The lowest BCUT2D eigenvalue weighted by Crippen LogP contribution is -2.52. The van der Waals surface area contributed by atoms with E-state index < -0.39 is 0 Å². The Bertz CT molecular complexity index is 506. The molecule has 0 radical (unpaired) electrons. The van der Waals surface area contributed by atoms with Gasteiger partial charge in [-0.15, -0.1) is 0 Å². The van der Waals surface area contributed by atoms with Gasteiger partial charge in [0.1, 0.15) is 6.04 Å². The number of hydrogen-bond donors (Lipinski definition) is 2. The van der Waals surface area contributed by atoms with Crippen LogP contribution in [0.3, 0.4) is 0 Å². The van der Waals surface area contributed by atoms with Crippen LogP contribution < -0.4 is 10.6 Å². The van der Waals surface area contributed by atoms with Gasteiger partial charge in [-0.2, -0.15) is 0 Å². The van der Waals surface area contributed by atoms with Gasteiger partial charge in [-0.25, -0.2) is 0 Å². The fourth-order valence-corrected chi connectivity index (χ4v) is 3.35. The van der Waals surface area contributed by atoms with E-state index in [4.69, 9.17) is 4.74 Å². The standard InChI is InChI=1S/C18H27N3O2/c1-14-4-6-15(7-5-14)17(21-9-2-3-10-21)12-20-18(22)16-13-23-11-8-19-16/h4-7,16-17,19H,2-3,8-13H2,1H3,(H,20,22). The molecule has 126 valence electrons. The number of benzene rings is 1. The Kier molecular flexibility index (Phi) is 5.65. The van der Waals surface area contributed by atoms with E-state index in [1.54, 1.807) is 0 Å². The lowest BCUT2D eigenvalue weighted by molar-refractivity contribution is -0.126. The first kappa shape index (κ1) is 16.4. The van der Waals surface area contributed by atoms with Gasteiger partial charge in [0.05, 0.1) is 19.3 Å². The Morgan fingerprint density at radius 3 is 2.74 bits per heavy atom. The molecule has 0 aromatic heterocycles. The second-order valence-electron chi connectivity index (χ2n) is 6.50. The van der Waals surface area contributed by atoms with Crippen LogP contribution in [0.1, 0.15) is 30.0 Å². The summed E-state index contributed by atoms with van der Waals surface area (Å²) in [4.78, 5) is 14.8. The van der Waals surface area contributed by atoms with Crippen LogP contribution >= 0.6 is 0 Å². The van der Waals surface area contributed by atoms with Crippen LogP contribution in [0.4, 0.5) is 0 Å². The molecule has 1 aromatic carbocycles. The number of hydrogen-bond acceptors (Lipinski definition) is 4. The van der Waals surface area contributed by atoms with Gasteiger partial charge < -0.3 is 15.4 Å². The SMILES string of the molecule is Cc1ccc(C(CNC(=O)C2COCCN2)N2CCCC2)cc1. The summed E-state index contributed by atoms with van der Waals surface area (Å²) in [6.07, 6.45) is 2.49. The summed E-state index contributed by atoms with van der Waals surface area (Å²) in [6.45, 7) is 6.86. The number of nitrogens with one attached hydrogen (secondary N) is 2. The van der Waals surface area contributed by atoms with Crippen molar-refractivity contribution in [3.05, 3.63) is 35.4 Å². The van der Waals surface area contributed by atoms with E-state index in [2.05, 4.69) is 46.7 Å². The molecule has 5 nitrogen and oxygen atoms in total. The minimum Gasteiger partial charge on any atom is -0.378 e. The zero-order valence-corrected chi connectivity index (χ0v) is 13.9. The summed E-state index contributed by atoms with van der Waals surface area (Å²) < 4.78 is 5.37. The molecular formula is C18H27N3O2. The Morgan fingerprint density at radius 1 is 1.35 bits per heavy atom. The quantitative estimate of drug-likeness (QED) is 0.858. The third-order valence-corrected chi connectivity index (χ3v) is 4.75. The van der Waals surface area contributed by atoms with E-state index in [1.165, 1.54) is 24.0 Å². The molecule has 2 fully saturated rings. The molecular weight excluding hydrogens is 290 g/mol. The lowest BCUT2D eigenvalue weighted by atomic mass is 10.0. The molecule has 1 aromatic rings. The fraction of sp³-hybridized carbons (Fsp3) is 0.611. The number of amides is 1. The first-order chi connectivity index (χ1) is 11.2. The number of carbonyl (C=O) groups excluding carboxylic acids is 1. The van der Waals surface area contributed by atoms with E-state index >= 15 is 0 Å². The van der Waals surface area contributed by atoms with Crippen LogP contribution in [0.2, 0.25) is 0 Å². The Balaban J connectivity index is 1.63. The number of aryl methyl sites for hydroxylation is 1. The molecule has 0 spiro atoms. The van der Waals surface area contributed by atoms with Crippen LogP contribution in [-0.4, -0.2) is 56.2 Å². The zero-order valence-electron chi connectivity index (χ0n) is 13.9. The summed E-state index contributed by atoms with van der Waals surface area (Å²) >= 11 is 0. The summed E-state index contributed by atoms with van der Waals surface area (Å²) in [6, 6.07) is 8.71. The van der Waals surface area contributed by atoms with Gasteiger partial charge in [-0.1, -0.05) is 29.8 Å². The lowest BCUT2D eigenvalue weighted by Gasteiger charge is -2.30. The molecule has 0 aliphatic carbocycles. The van der Waals surface area contributed by atoms with Gasteiger partial charge >= 0.3 is 0 Å². The average molecular weight is 317 g/mol. The molecule has 1 amide bonds. The highest BCUT2D eigenvalue weighted by molar-refractivity contribution is 5.82. The largest absolute Gasteiger partial charge is 0.378 e. The predicted octanol–water partition coefficient (Wildman–Crippen LogP) is 1.24. The molecule has 3 rings (SSSR count). The molecule has 2 N–H and O–H groups in total. The van der Waals surface area contributed by atoms with Crippen molar-refractivity contribution < 1.29 is 9.53 Å². The molecule has 0 saturated carbocycles. The summed E-state index contributed by atoms with van der Waals surface area (Å²) in [5, 5.41) is 6.33. The topological polar surface area (TPSA) is 53.6 Å². The highest BCUT2D eigenvalue weighted by Crippen LogP contribution is 2.24. The minimum absolute atomic E-state index is 0.0426. The van der Waals surface area contributed by atoms with Crippen LogP contribution in [-0.2, 0) is 9.53 Å². The molecule has 0 bridgehead atoms. The predicted molar refractivity (Wildman–Crippen MR) is 90.3 cm³/mol. The fourth-order valence-electron chi connectivity index (χ4n) is 3.35. The molecule has 23 heavy (non-hydrogen) atoms. The smallest absolute Gasteiger partial charge is 0.239 e. The molecule has 5 heteroatoms. The van der Waals surface area contributed by atoms with E-state index in [0.29, 0.717) is 19.8 Å². The first-order valence-electron chi connectivity index (χ1n) is 8.63. The number of rotatable bonds is 5. The monoisotopic (exact) mass is 317 g/mol. The Morgan fingerprint density at radius 2 is 2.09 bits per heavy atom. The first-order valence-corrected chi connectivity index (χ1v) is 8.63. The van der Waals surface area contributed by atoms with Crippen molar-refractivity contribution >= 4 is 5.91 Å². The molecule has 2 atom stereocenters. The normalized spacial score (nSPS) is 23.6. The van der Waals surface area contributed by atoms with Gasteiger partial charge in [0, 0.05) is 13.1 Å². The van der Waals surface area contributed by atoms with E-state index in [1.807, 2.05) is 0 Å². The van der Waals surface area contributed by atoms with Crippen LogP contribution in [0.25, 0.3) is 0 Å². The maximum absolute atomic E-state index is 12.3. The van der Waals surface area contributed by atoms with Gasteiger partial charge in [-0.05, 0) is 38.4 Å². The number of ether oxygens (including phenoxy) is 1. The second kappa shape index (κ2) is 7.90. The zero-order chi connectivity index (χ0) is 16.1. The molecule has 2 unspecified atom stereocenters. The van der Waals surface area contributed by atoms with Crippen LogP contribution in [0, 0.1) is 6.92 Å². The highest BCUT2D eigenvalue weighted by Gasteiger charge is 2.26. The van der Waals surface area contributed by atoms with Crippen LogP contribution in [0.5, 0.6) is 0 Å². The molecule has 2 aliphatic rings. The van der Waals surface area contributed by atoms with Gasteiger partial charge in [0.15, 0.2) is 0 Å². The van der Waals surface area contributed by atoms with Crippen molar-refractivity contribution in [1.82, 2.24) is 15.5 Å². The summed E-state index contributed by atoms with van der Waals surface area (Å²) in [5.41, 5.74) is 2.55.